The second kappa shape index (κ2) is 4.89. The van der Waals surface area contributed by atoms with Gasteiger partial charge in [-0.05, 0) is 31.5 Å². The molecule has 6 heteroatoms. The summed E-state index contributed by atoms with van der Waals surface area (Å²) in [6, 6.07) is 3.43. The van der Waals surface area contributed by atoms with Gasteiger partial charge in [-0.15, -0.1) is 0 Å². The van der Waals surface area contributed by atoms with Gasteiger partial charge in [0.1, 0.15) is 5.82 Å². The molecule has 2 aromatic rings. The second-order valence-corrected chi connectivity index (χ2v) is 4.76. The average Bonchev–Trinajstić information content (AvgIpc) is 2.64. The van der Waals surface area contributed by atoms with Gasteiger partial charge in [0.2, 0.25) is 5.95 Å². The minimum absolute atomic E-state index is 0.276. The highest BCUT2D eigenvalue weighted by molar-refractivity contribution is 9.10. The first-order valence-corrected chi connectivity index (χ1v) is 6.08. The molecule has 2 rings (SSSR count). The van der Waals surface area contributed by atoms with Crippen LogP contribution in [0.1, 0.15) is 16.8 Å². The number of rotatable bonds is 2. The third-order valence-corrected chi connectivity index (χ3v) is 3.37. The first-order valence-electron chi connectivity index (χ1n) is 5.29. The van der Waals surface area contributed by atoms with E-state index in [2.05, 4.69) is 26.0 Å². The van der Waals surface area contributed by atoms with Crippen molar-refractivity contribution in [3.05, 3.63) is 45.4 Å². The van der Waals surface area contributed by atoms with Crippen LogP contribution in [0.25, 0.3) is 0 Å². The Morgan fingerprint density at radius 2 is 2.17 bits per heavy atom. The number of aryl methyl sites for hydroxylation is 1. The van der Waals surface area contributed by atoms with E-state index in [-0.39, 0.29) is 11.8 Å². The van der Waals surface area contributed by atoms with Gasteiger partial charge in [0.15, 0.2) is 0 Å². The molecule has 0 fully saturated rings. The van der Waals surface area contributed by atoms with Crippen LogP contribution in [0.15, 0.2) is 27.9 Å². The van der Waals surface area contributed by atoms with Crippen LogP contribution in [0.3, 0.4) is 0 Å². The molecule has 1 heterocycles. The van der Waals surface area contributed by atoms with Crippen LogP contribution in [-0.4, -0.2) is 15.9 Å². The lowest BCUT2D eigenvalue weighted by molar-refractivity contribution is 0.615. The Hall–Kier alpha value is -1.69. The maximum Gasteiger partial charge on any atom is 0.221 e. The molecule has 94 valence electrons. The monoisotopic (exact) mass is 310 g/mol. The van der Waals surface area contributed by atoms with Gasteiger partial charge < -0.3 is 5.73 Å². The van der Waals surface area contributed by atoms with Crippen LogP contribution >= 0.6 is 15.9 Å². The topological polar surface area (TPSA) is 56.2 Å². The Labute approximate surface area is 112 Å². The molecule has 4 nitrogen and oxygen atoms in total. The van der Waals surface area contributed by atoms with Crippen molar-refractivity contribution in [1.29, 1.82) is 0 Å². The summed E-state index contributed by atoms with van der Waals surface area (Å²) in [5, 5.41) is 4.08. The van der Waals surface area contributed by atoms with Gasteiger partial charge in [-0.3, -0.25) is 0 Å². The molecule has 0 aliphatic rings. The first-order chi connectivity index (χ1) is 8.49. The van der Waals surface area contributed by atoms with Crippen LogP contribution in [0.4, 0.5) is 10.3 Å². The third kappa shape index (κ3) is 2.43. The highest BCUT2D eigenvalue weighted by Gasteiger charge is 2.06. The molecule has 0 amide bonds. The highest BCUT2D eigenvalue weighted by Crippen LogP contribution is 2.20. The highest BCUT2D eigenvalue weighted by atomic mass is 79.9. The predicted molar refractivity (Wildman–Crippen MR) is 73.2 cm³/mol. The normalized spacial score (nSPS) is 11.3. The number of nitrogen functional groups attached to an aromatic ring is 1. The summed E-state index contributed by atoms with van der Waals surface area (Å²) in [5.74, 6) is -0.0264. The SMILES string of the molecule is Cc1cn(N=Cc2ccc(Br)c(C)c2F)c(N)n1. The minimum atomic E-state index is -0.302. The van der Waals surface area contributed by atoms with Gasteiger partial charge in [-0.25, -0.2) is 14.1 Å². The fourth-order valence-corrected chi connectivity index (χ4v) is 1.81. The summed E-state index contributed by atoms with van der Waals surface area (Å²) >= 11 is 3.27. The standard InChI is InChI=1S/C12H12BrFN4/c1-7-6-18(12(15)17-7)16-5-9-3-4-10(13)8(2)11(9)14/h3-6H,1-2H3,(H2,15,17). The van der Waals surface area contributed by atoms with E-state index in [0.29, 0.717) is 11.1 Å². The number of nitrogens with zero attached hydrogens (tertiary/aromatic N) is 3. The third-order valence-electron chi connectivity index (χ3n) is 2.51. The summed E-state index contributed by atoms with van der Waals surface area (Å²) in [5.41, 5.74) is 7.35. The molecule has 0 spiro atoms. The fourth-order valence-electron chi connectivity index (χ4n) is 1.50. The number of halogens is 2. The quantitative estimate of drug-likeness (QED) is 0.867. The molecule has 0 aliphatic carbocycles. The molecule has 2 N–H and O–H groups in total. The van der Waals surface area contributed by atoms with E-state index >= 15 is 0 Å². The zero-order valence-electron chi connectivity index (χ0n) is 9.98. The van der Waals surface area contributed by atoms with E-state index in [0.717, 1.165) is 10.2 Å². The molecule has 0 unspecified atom stereocenters. The van der Waals surface area contributed by atoms with Crippen molar-refractivity contribution in [3.8, 4) is 0 Å². The number of anilines is 1. The Morgan fingerprint density at radius 3 is 2.78 bits per heavy atom. The molecule has 0 saturated carbocycles. The van der Waals surface area contributed by atoms with Gasteiger partial charge in [0.05, 0.1) is 18.1 Å². The van der Waals surface area contributed by atoms with Gasteiger partial charge >= 0.3 is 0 Å². The number of aromatic nitrogens is 2. The molecule has 0 saturated heterocycles. The van der Waals surface area contributed by atoms with E-state index in [9.17, 15) is 4.39 Å². The number of benzene rings is 1. The fraction of sp³-hybridized carbons (Fsp3) is 0.167. The van der Waals surface area contributed by atoms with Crippen molar-refractivity contribution in [3.63, 3.8) is 0 Å². The van der Waals surface area contributed by atoms with Crippen molar-refractivity contribution in [2.24, 2.45) is 5.10 Å². The molecule has 0 aliphatic heterocycles. The van der Waals surface area contributed by atoms with Crippen LogP contribution < -0.4 is 5.73 Å². The molecular formula is C12H12BrFN4. The van der Waals surface area contributed by atoms with Crippen LogP contribution in [0, 0.1) is 19.7 Å². The number of hydrogen-bond donors (Lipinski definition) is 1. The zero-order chi connectivity index (χ0) is 13.3. The Kier molecular flexibility index (Phi) is 3.47. The van der Waals surface area contributed by atoms with E-state index in [1.165, 1.54) is 10.9 Å². The number of hydrogen-bond acceptors (Lipinski definition) is 3. The Balaban J connectivity index is 2.35. The lowest BCUT2D eigenvalue weighted by Crippen LogP contribution is -1.99. The van der Waals surface area contributed by atoms with Crippen molar-refractivity contribution in [2.75, 3.05) is 5.73 Å². The molecular weight excluding hydrogens is 299 g/mol. The van der Waals surface area contributed by atoms with E-state index in [4.69, 9.17) is 5.73 Å². The minimum Gasteiger partial charge on any atom is -0.368 e. The lowest BCUT2D eigenvalue weighted by Gasteiger charge is -2.03. The number of nitrogens with two attached hydrogens (primary N) is 1. The number of imidazole rings is 1. The molecule has 0 atom stereocenters. The van der Waals surface area contributed by atoms with Crippen molar-refractivity contribution < 1.29 is 4.39 Å². The van der Waals surface area contributed by atoms with Crippen molar-refractivity contribution in [2.45, 2.75) is 13.8 Å². The summed E-state index contributed by atoms with van der Waals surface area (Å²) in [6.07, 6.45) is 3.10. The molecule has 0 bridgehead atoms. The molecule has 1 aromatic carbocycles. The second-order valence-electron chi connectivity index (χ2n) is 3.91. The summed E-state index contributed by atoms with van der Waals surface area (Å²) in [6.45, 7) is 3.51. The maximum atomic E-state index is 13.9. The summed E-state index contributed by atoms with van der Waals surface area (Å²) < 4.78 is 16.0. The Bertz CT molecular complexity index is 619. The van der Waals surface area contributed by atoms with E-state index in [1.807, 2.05) is 6.92 Å². The van der Waals surface area contributed by atoms with E-state index in [1.54, 1.807) is 25.3 Å². The van der Waals surface area contributed by atoms with Gasteiger partial charge in [-0.2, -0.15) is 5.10 Å². The largest absolute Gasteiger partial charge is 0.368 e. The predicted octanol–water partition coefficient (Wildman–Crippen LogP) is 2.87. The zero-order valence-corrected chi connectivity index (χ0v) is 11.6. The summed E-state index contributed by atoms with van der Waals surface area (Å²) in [4.78, 5) is 4.00. The van der Waals surface area contributed by atoms with Gasteiger partial charge in [0, 0.05) is 10.0 Å². The van der Waals surface area contributed by atoms with Crippen LogP contribution in [0.2, 0.25) is 0 Å². The Morgan fingerprint density at radius 1 is 1.44 bits per heavy atom. The first kappa shape index (κ1) is 12.8. The van der Waals surface area contributed by atoms with Crippen molar-refractivity contribution in [1.82, 2.24) is 9.66 Å². The smallest absolute Gasteiger partial charge is 0.221 e. The lowest BCUT2D eigenvalue weighted by atomic mass is 10.1. The van der Waals surface area contributed by atoms with Crippen LogP contribution in [-0.2, 0) is 0 Å². The van der Waals surface area contributed by atoms with E-state index < -0.39 is 0 Å². The van der Waals surface area contributed by atoms with Gasteiger partial charge in [-0.1, -0.05) is 15.9 Å². The van der Waals surface area contributed by atoms with Crippen molar-refractivity contribution >= 4 is 28.1 Å². The maximum absolute atomic E-state index is 13.9. The van der Waals surface area contributed by atoms with Crippen LogP contribution in [0.5, 0.6) is 0 Å². The molecule has 18 heavy (non-hydrogen) atoms. The molecule has 0 radical (unpaired) electrons. The molecule has 1 aromatic heterocycles. The average molecular weight is 311 g/mol. The van der Waals surface area contributed by atoms with Gasteiger partial charge in [0.25, 0.3) is 0 Å². The summed E-state index contributed by atoms with van der Waals surface area (Å²) in [7, 11) is 0.